The largest absolute Gasteiger partial charge is 0.255 e. The van der Waals surface area contributed by atoms with Gasteiger partial charge in [-0.2, -0.15) is 0 Å². The van der Waals surface area contributed by atoms with Gasteiger partial charge in [0.05, 0.1) is 10.6 Å². The number of pyridine rings is 1. The summed E-state index contributed by atoms with van der Waals surface area (Å²) in [6.45, 7) is 3.85. The maximum absolute atomic E-state index is 4.37. The van der Waals surface area contributed by atoms with Crippen molar-refractivity contribution in [2.45, 2.75) is 12.3 Å². The normalized spacial score (nSPS) is 23.0. The molecule has 0 amide bonds. The number of thiophene rings is 1. The summed E-state index contributed by atoms with van der Waals surface area (Å²) in [5.74, 6) is 1.41. The van der Waals surface area contributed by atoms with Gasteiger partial charge in [-0.05, 0) is 47.4 Å². The maximum atomic E-state index is 4.37. The van der Waals surface area contributed by atoms with E-state index in [1.165, 1.54) is 16.9 Å². The zero-order chi connectivity index (χ0) is 11.0. The molecule has 1 aliphatic carbocycles. The highest BCUT2D eigenvalue weighted by Crippen LogP contribution is 2.49. The number of aromatic nitrogens is 1. The van der Waals surface area contributed by atoms with Crippen molar-refractivity contribution >= 4 is 11.3 Å². The Balaban J connectivity index is 1.86. The molecular weight excluding hydrogens is 214 g/mol. The molecule has 3 rings (SSSR count). The van der Waals surface area contributed by atoms with Crippen LogP contribution in [0, 0.1) is 5.92 Å². The van der Waals surface area contributed by atoms with E-state index < -0.39 is 0 Å². The average molecular weight is 227 g/mol. The summed E-state index contributed by atoms with van der Waals surface area (Å²) >= 11 is 1.79. The van der Waals surface area contributed by atoms with Crippen molar-refractivity contribution in [1.82, 2.24) is 4.98 Å². The summed E-state index contributed by atoms with van der Waals surface area (Å²) in [6, 6.07) is 8.33. The van der Waals surface area contributed by atoms with Crippen molar-refractivity contribution in [2.24, 2.45) is 5.92 Å². The zero-order valence-corrected chi connectivity index (χ0v) is 9.78. The van der Waals surface area contributed by atoms with Crippen molar-refractivity contribution in [3.8, 4) is 10.6 Å². The number of nitrogens with zero attached hydrogens (tertiary/aromatic N) is 1. The van der Waals surface area contributed by atoms with E-state index in [9.17, 15) is 0 Å². The van der Waals surface area contributed by atoms with Crippen LogP contribution in [0.3, 0.4) is 0 Å². The van der Waals surface area contributed by atoms with Crippen molar-refractivity contribution < 1.29 is 0 Å². The van der Waals surface area contributed by atoms with Crippen LogP contribution in [0.15, 0.2) is 48.5 Å². The van der Waals surface area contributed by atoms with Gasteiger partial charge in [0.1, 0.15) is 0 Å². The first-order valence-corrected chi connectivity index (χ1v) is 6.39. The Labute approximate surface area is 99.5 Å². The van der Waals surface area contributed by atoms with Gasteiger partial charge in [-0.1, -0.05) is 12.1 Å². The Morgan fingerprint density at radius 3 is 3.06 bits per heavy atom. The van der Waals surface area contributed by atoms with Crippen LogP contribution in [0.2, 0.25) is 0 Å². The van der Waals surface area contributed by atoms with Crippen LogP contribution in [0.5, 0.6) is 0 Å². The van der Waals surface area contributed by atoms with Crippen molar-refractivity contribution in [1.29, 1.82) is 0 Å². The van der Waals surface area contributed by atoms with Crippen molar-refractivity contribution in [3.63, 3.8) is 0 Å². The summed E-state index contributed by atoms with van der Waals surface area (Å²) in [7, 11) is 0. The van der Waals surface area contributed by atoms with E-state index in [0.29, 0.717) is 11.8 Å². The van der Waals surface area contributed by atoms with E-state index in [0.717, 1.165) is 5.69 Å². The van der Waals surface area contributed by atoms with Crippen LogP contribution in [0.25, 0.3) is 10.6 Å². The molecule has 0 aliphatic heterocycles. The van der Waals surface area contributed by atoms with Gasteiger partial charge in [-0.15, -0.1) is 17.9 Å². The van der Waals surface area contributed by atoms with Crippen LogP contribution in [-0.4, -0.2) is 4.98 Å². The van der Waals surface area contributed by atoms with Gasteiger partial charge in [0.15, 0.2) is 0 Å². The molecule has 0 N–H and O–H groups in total. The Hall–Kier alpha value is -1.41. The lowest BCUT2D eigenvalue weighted by atomic mass is 10.1. The monoisotopic (exact) mass is 227 g/mol. The summed E-state index contributed by atoms with van der Waals surface area (Å²) in [4.78, 5) is 5.64. The van der Waals surface area contributed by atoms with Gasteiger partial charge < -0.3 is 0 Å². The molecule has 2 atom stereocenters. The van der Waals surface area contributed by atoms with Gasteiger partial charge in [0, 0.05) is 6.20 Å². The molecule has 1 fully saturated rings. The molecule has 80 valence electrons. The molecule has 16 heavy (non-hydrogen) atoms. The summed E-state index contributed by atoms with van der Waals surface area (Å²) in [6.07, 6.45) is 5.18. The molecule has 0 spiro atoms. The molecule has 2 heteroatoms. The highest BCUT2D eigenvalue weighted by molar-refractivity contribution is 7.13. The van der Waals surface area contributed by atoms with Crippen LogP contribution in [0.1, 0.15) is 17.9 Å². The Morgan fingerprint density at radius 2 is 2.38 bits per heavy atom. The molecular formula is C14H13NS. The quantitative estimate of drug-likeness (QED) is 0.719. The fourth-order valence-corrected chi connectivity index (χ4v) is 3.00. The molecule has 2 aromatic rings. The molecule has 2 aromatic heterocycles. The predicted octanol–water partition coefficient (Wildman–Crippen LogP) is 4.10. The topological polar surface area (TPSA) is 12.9 Å². The highest BCUT2D eigenvalue weighted by atomic mass is 32.1. The number of hydrogen-bond acceptors (Lipinski definition) is 2. The van der Waals surface area contributed by atoms with Crippen LogP contribution >= 0.6 is 11.3 Å². The molecule has 2 unspecified atom stereocenters. The molecule has 0 saturated heterocycles. The first-order valence-electron chi connectivity index (χ1n) is 5.51. The standard InChI is InChI=1S/C14H13NS/c1-2-10-7-12(10)11-8-14(16-9-11)13-5-3-4-6-15-13/h2-6,8-10,12H,1,7H2. The summed E-state index contributed by atoms with van der Waals surface area (Å²) in [5, 5.41) is 2.26. The van der Waals surface area contributed by atoms with E-state index in [1.807, 2.05) is 18.3 Å². The molecule has 1 saturated carbocycles. The minimum Gasteiger partial charge on any atom is -0.255 e. The fraction of sp³-hybridized carbons (Fsp3) is 0.214. The summed E-state index contributed by atoms with van der Waals surface area (Å²) in [5.41, 5.74) is 2.53. The Bertz CT molecular complexity index is 500. The van der Waals surface area contributed by atoms with Crippen LogP contribution in [0.4, 0.5) is 0 Å². The van der Waals surface area contributed by atoms with Gasteiger partial charge in [-0.3, -0.25) is 4.98 Å². The van der Waals surface area contributed by atoms with Gasteiger partial charge in [-0.25, -0.2) is 0 Å². The molecule has 0 radical (unpaired) electrons. The number of rotatable bonds is 3. The predicted molar refractivity (Wildman–Crippen MR) is 68.6 cm³/mol. The SMILES string of the molecule is C=CC1CC1c1csc(-c2ccccn2)c1. The van der Waals surface area contributed by atoms with Gasteiger partial charge >= 0.3 is 0 Å². The van der Waals surface area contributed by atoms with E-state index in [1.54, 1.807) is 11.3 Å². The molecule has 0 aromatic carbocycles. The minimum atomic E-state index is 0.700. The van der Waals surface area contributed by atoms with E-state index >= 15 is 0 Å². The van der Waals surface area contributed by atoms with Crippen LogP contribution in [-0.2, 0) is 0 Å². The van der Waals surface area contributed by atoms with Crippen molar-refractivity contribution in [3.05, 3.63) is 54.1 Å². The lowest BCUT2D eigenvalue weighted by Crippen LogP contribution is -1.78. The lowest BCUT2D eigenvalue weighted by molar-refractivity contribution is 1.02. The van der Waals surface area contributed by atoms with Gasteiger partial charge in [0.25, 0.3) is 0 Å². The van der Waals surface area contributed by atoms with E-state index in [2.05, 4.69) is 35.2 Å². The first-order chi connectivity index (χ1) is 7.88. The summed E-state index contributed by atoms with van der Waals surface area (Å²) < 4.78 is 0. The lowest BCUT2D eigenvalue weighted by Gasteiger charge is -1.94. The third kappa shape index (κ3) is 1.69. The first kappa shape index (κ1) is 9.79. The van der Waals surface area contributed by atoms with E-state index in [4.69, 9.17) is 0 Å². The smallest absolute Gasteiger partial charge is 0.0801 e. The number of hydrogen-bond donors (Lipinski definition) is 0. The van der Waals surface area contributed by atoms with E-state index in [-0.39, 0.29) is 0 Å². The third-order valence-electron chi connectivity index (χ3n) is 3.11. The molecule has 0 bridgehead atoms. The minimum absolute atomic E-state index is 0.700. The fourth-order valence-electron chi connectivity index (χ4n) is 2.05. The Kier molecular flexibility index (Phi) is 2.37. The van der Waals surface area contributed by atoms with Gasteiger partial charge in [0.2, 0.25) is 0 Å². The van der Waals surface area contributed by atoms with Crippen LogP contribution < -0.4 is 0 Å². The molecule has 1 aliphatic rings. The third-order valence-corrected chi connectivity index (χ3v) is 4.08. The maximum Gasteiger partial charge on any atom is 0.0801 e. The second-order valence-corrected chi connectivity index (χ2v) is 5.11. The van der Waals surface area contributed by atoms with Crippen molar-refractivity contribution in [2.75, 3.05) is 0 Å². The molecule has 2 heterocycles. The molecule has 1 nitrogen and oxygen atoms in total. The Morgan fingerprint density at radius 1 is 1.44 bits per heavy atom. The second kappa shape index (κ2) is 3.87. The second-order valence-electron chi connectivity index (χ2n) is 4.20. The zero-order valence-electron chi connectivity index (χ0n) is 8.97. The average Bonchev–Trinajstić information content (AvgIpc) is 2.98. The highest BCUT2D eigenvalue weighted by Gasteiger charge is 2.36. The number of allylic oxidation sites excluding steroid dienone is 1.